The number of hydrogen-bond acceptors (Lipinski definition) is 5. The van der Waals surface area contributed by atoms with Gasteiger partial charge in [0, 0.05) is 23.9 Å². The van der Waals surface area contributed by atoms with Crippen molar-refractivity contribution in [3.8, 4) is 22.9 Å². The third kappa shape index (κ3) is 5.51. The largest absolute Gasteiger partial charge is 0.493 e. The molecule has 0 spiro atoms. The zero-order chi connectivity index (χ0) is 23.1. The predicted molar refractivity (Wildman–Crippen MR) is 120 cm³/mol. The first-order valence-electron chi connectivity index (χ1n) is 10.3. The van der Waals surface area contributed by atoms with Gasteiger partial charge in [-0.25, -0.2) is 9.37 Å². The molecular formula is C24H26FN3O4. The number of rotatable bonds is 9. The van der Waals surface area contributed by atoms with Crippen LogP contribution < -0.4 is 20.3 Å². The van der Waals surface area contributed by atoms with Crippen LogP contribution in [0.2, 0.25) is 0 Å². The number of hydrogen-bond donors (Lipinski definition) is 1. The van der Waals surface area contributed by atoms with E-state index in [1.165, 1.54) is 22.8 Å². The number of amides is 1. The summed E-state index contributed by atoms with van der Waals surface area (Å²) < 4.78 is 25.5. The van der Waals surface area contributed by atoms with Crippen LogP contribution in [0.15, 0.2) is 53.3 Å². The maximum atomic E-state index is 13.7. The minimum Gasteiger partial charge on any atom is -0.493 e. The third-order valence-corrected chi connectivity index (χ3v) is 4.99. The van der Waals surface area contributed by atoms with E-state index in [0.717, 1.165) is 5.56 Å². The molecular weight excluding hydrogens is 413 g/mol. The smallest absolute Gasteiger partial charge is 0.254 e. The van der Waals surface area contributed by atoms with E-state index >= 15 is 0 Å². The summed E-state index contributed by atoms with van der Waals surface area (Å²) in [5.41, 5.74) is 1.63. The molecule has 0 aliphatic rings. The monoisotopic (exact) mass is 439 g/mol. The summed E-state index contributed by atoms with van der Waals surface area (Å²) in [6.45, 7) is 2.04. The Labute approximate surface area is 185 Å². The molecule has 0 atom stereocenters. The normalized spacial score (nSPS) is 10.6. The molecule has 32 heavy (non-hydrogen) atoms. The Kier molecular flexibility index (Phi) is 7.59. The molecule has 1 amide bonds. The fourth-order valence-electron chi connectivity index (χ4n) is 3.32. The summed E-state index contributed by atoms with van der Waals surface area (Å²) in [5.74, 6) is 0.738. The minimum atomic E-state index is -0.440. The lowest BCUT2D eigenvalue weighted by molar-refractivity contribution is -0.121. The van der Waals surface area contributed by atoms with Crippen molar-refractivity contribution in [3.63, 3.8) is 0 Å². The van der Waals surface area contributed by atoms with Crippen LogP contribution in [0.5, 0.6) is 11.5 Å². The van der Waals surface area contributed by atoms with E-state index < -0.39 is 5.82 Å². The average Bonchev–Trinajstić information content (AvgIpc) is 2.80. The first-order chi connectivity index (χ1) is 15.4. The highest BCUT2D eigenvalue weighted by atomic mass is 19.1. The average molecular weight is 439 g/mol. The number of ether oxygens (including phenoxy) is 2. The Balaban J connectivity index is 1.73. The van der Waals surface area contributed by atoms with E-state index in [4.69, 9.17) is 9.47 Å². The number of halogens is 1. The summed E-state index contributed by atoms with van der Waals surface area (Å²) in [4.78, 5) is 29.7. The molecule has 8 heteroatoms. The van der Waals surface area contributed by atoms with E-state index in [0.29, 0.717) is 42.1 Å². The summed E-state index contributed by atoms with van der Waals surface area (Å²) >= 11 is 0. The number of aryl methyl sites for hydroxylation is 1. The Morgan fingerprint density at radius 3 is 2.56 bits per heavy atom. The second-order valence-electron chi connectivity index (χ2n) is 7.15. The van der Waals surface area contributed by atoms with Gasteiger partial charge in [-0.15, -0.1) is 0 Å². The Morgan fingerprint density at radius 1 is 1.09 bits per heavy atom. The van der Waals surface area contributed by atoms with Crippen LogP contribution in [0, 0.1) is 5.82 Å². The molecule has 0 saturated carbocycles. The summed E-state index contributed by atoms with van der Waals surface area (Å²) in [6.07, 6.45) is 1.13. The van der Waals surface area contributed by atoms with Gasteiger partial charge in [-0.1, -0.05) is 25.1 Å². The molecule has 3 aromatic rings. The summed E-state index contributed by atoms with van der Waals surface area (Å²) in [5, 5.41) is 2.82. The Hall–Kier alpha value is -3.68. The van der Waals surface area contributed by atoms with Gasteiger partial charge in [0.25, 0.3) is 5.56 Å². The summed E-state index contributed by atoms with van der Waals surface area (Å²) in [7, 11) is 3.13. The van der Waals surface area contributed by atoms with Gasteiger partial charge in [-0.2, -0.15) is 0 Å². The molecule has 0 bridgehead atoms. The highest BCUT2D eigenvalue weighted by Gasteiger charge is 2.14. The minimum absolute atomic E-state index is 0.215. The van der Waals surface area contributed by atoms with Gasteiger partial charge in [-0.05, 0) is 42.7 Å². The zero-order valence-corrected chi connectivity index (χ0v) is 18.4. The quantitative estimate of drug-likeness (QED) is 0.554. The van der Waals surface area contributed by atoms with Crippen LogP contribution in [0.1, 0.15) is 18.2 Å². The van der Waals surface area contributed by atoms with Gasteiger partial charge in [0.1, 0.15) is 18.2 Å². The lowest BCUT2D eigenvalue weighted by Gasteiger charge is -2.14. The first-order valence-corrected chi connectivity index (χ1v) is 10.3. The number of benzene rings is 2. The maximum absolute atomic E-state index is 13.7. The topological polar surface area (TPSA) is 82.5 Å². The number of carbonyl (C=O) groups is 1. The van der Waals surface area contributed by atoms with Crippen LogP contribution in [0.25, 0.3) is 11.4 Å². The van der Waals surface area contributed by atoms with E-state index in [2.05, 4.69) is 10.3 Å². The van der Waals surface area contributed by atoms with Crippen LogP contribution in [-0.2, 0) is 24.2 Å². The number of nitrogens with one attached hydrogen (secondary N) is 1. The molecule has 2 aromatic carbocycles. The molecule has 7 nitrogen and oxygen atoms in total. The van der Waals surface area contributed by atoms with Crippen molar-refractivity contribution in [3.05, 3.63) is 76.0 Å². The van der Waals surface area contributed by atoms with Gasteiger partial charge in [-0.3, -0.25) is 14.2 Å². The van der Waals surface area contributed by atoms with Crippen molar-refractivity contribution < 1.29 is 18.7 Å². The van der Waals surface area contributed by atoms with Crippen LogP contribution in [0.4, 0.5) is 4.39 Å². The Bertz CT molecular complexity index is 1160. The third-order valence-electron chi connectivity index (χ3n) is 4.99. The molecule has 0 unspecified atom stereocenters. The molecule has 0 fully saturated rings. The van der Waals surface area contributed by atoms with E-state index in [-0.39, 0.29) is 23.8 Å². The molecule has 1 aromatic heterocycles. The fraction of sp³-hybridized carbons (Fsp3) is 0.292. The fourth-order valence-corrected chi connectivity index (χ4v) is 3.32. The molecule has 3 rings (SSSR count). The molecule has 1 heterocycles. The second-order valence-corrected chi connectivity index (χ2v) is 7.15. The predicted octanol–water partition coefficient (Wildman–Crippen LogP) is 2.99. The van der Waals surface area contributed by atoms with E-state index in [1.54, 1.807) is 26.4 Å². The van der Waals surface area contributed by atoms with Crippen molar-refractivity contribution in [1.29, 1.82) is 0 Å². The molecule has 168 valence electrons. The van der Waals surface area contributed by atoms with Crippen molar-refractivity contribution in [2.24, 2.45) is 0 Å². The van der Waals surface area contributed by atoms with Crippen molar-refractivity contribution in [2.75, 3.05) is 20.8 Å². The maximum Gasteiger partial charge on any atom is 0.254 e. The number of nitrogens with zero attached hydrogens (tertiary/aromatic N) is 2. The Morgan fingerprint density at radius 2 is 1.88 bits per heavy atom. The van der Waals surface area contributed by atoms with Crippen molar-refractivity contribution in [2.45, 2.75) is 26.3 Å². The standard InChI is InChI=1S/C24H26FN3O4/c1-4-19-14-23(30)28(24(27-19)17-6-5-7-18(25)13-17)15-22(29)26-11-10-16-8-9-20(31-2)21(12-16)32-3/h5-9,12-14H,4,10-11,15H2,1-3H3,(H,26,29). The highest BCUT2D eigenvalue weighted by molar-refractivity contribution is 5.76. The molecule has 0 saturated heterocycles. The van der Waals surface area contributed by atoms with Crippen LogP contribution in [-0.4, -0.2) is 36.2 Å². The van der Waals surface area contributed by atoms with E-state index in [9.17, 15) is 14.0 Å². The zero-order valence-electron chi connectivity index (χ0n) is 18.4. The van der Waals surface area contributed by atoms with Gasteiger partial charge in [0.2, 0.25) is 5.91 Å². The van der Waals surface area contributed by atoms with Gasteiger partial charge in [0.15, 0.2) is 11.5 Å². The number of methoxy groups -OCH3 is 2. The molecule has 0 aliphatic carbocycles. The molecule has 0 aliphatic heterocycles. The van der Waals surface area contributed by atoms with Crippen LogP contribution in [0.3, 0.4) is 0 Å². The highest BCUT2D eigenvalue weighted by Crippen LogP contribution is 2.27. The van der Waals surface area contributed by atoms with Gasteiger partial charge in [0.05, 0.1) is 14.2 Å². The van der Waals surface area contributed by atoms with Crippen molar-refractivity contribution in [1.82, 2.24) is 14.9 Å². The lowest BCUT2D eigenvalue weighted by atomic mass is 10.1. The summed E-state index contributed by atoms with van der Waals surface area (Å²) in [6, 6.07) is 12.8. The number of aromatic nitrogens is 2. The van der Waals surface area contributed by atoms with Gasteiger partial charge < -0.3 is 14.8 Å². The van der Waals surface area contributed by atoms with Gasteiger partial charge >= 0.3 is 0 Å². The molecule has 0 radical (unpaired) electrons. The van der Waals surface area contributed by atoms with Crippen LogP contribution >= 0.6 is 0 Å². The van der Waals surface area contributed by atoms with E-state index in [1.807, 2.05) is 25.1 Å². The second kappa shape index (κ2) is 10.6. The number of carbonyl (C=O) groups excluding carboxylic acids is 1. The lowest BCUT2D eigenvalue weighted by Crippen LogP contribution is -2.34. The molecule has 1 N–H and O–H groups in total. The van der Waals surface area contributed by atoms with Crippen molar-refractivity contribution >= 4 is 5.91 Å². The SMILES string of the molecule is CCc1cc(=O)n(CC(=O)NCCc2ccc(OC)c(OC)c2)c(-c2cccc(F)c2)n1. The first kappa shape index (κ1) is 23.0.